The fourth-order valence-electron chi connectivity index (χ4n) is 6.03. The van der Waals surface area contributed by atoms with Crippen LogP contribution in [0.3, 0.4) is 0 Å². The lowest BCUT2D eigenvalue weighted by atomic mass is 9.57. The smallest absolute Gasteiger partial charge is 0.0587 e. The summed E-state index contributed by atoms with van der Waals surface area (Å²) in [6.45, 7) is 9.51. The highest BCUT2D eigenvalue weighted by Crippen LogP contribution is 2.60. The number of benzene rings is 1. The van der Waals surface area contributed by atoms with Gasteiger partial charge in [-0.25, -0.2) is 0 Å². The van der Waals surface area contributed by atoms with Crippen molar-refractivity contribution in [3.8, 4) is 0 Å². The molecule has 3 aliphatic heterocycles. The standard InChI is InChI=1S/C19H24N2/c1-3-13-11-21-9-8-19-15-6-4-5-7-16(15)20-18(19)12(2)14(13)10-17(19)21/h4-7,13-14,17-18,20H,2-3,8-11H2,1H3/t13?,14-,17+,18+,19-/m1/s1. The molecule has 5 rings (SSSR count). The topological polar surface area (TPSA) is 15.3 Å². The minimum absolute atomic E-state index is 0.308. The van der Waals surface area contributed by atoms with Gasteiger partial charge in [0.05, 0.1) is 6.04 Å². The first kappa shape index (κ1) is 12.3. The molecule has 1 aromatic rings. The van der Waals surface area contributed by atoms with Crippen molar-refractivity contribution in [3.05, 3.63) is 42.0 Å². The van der Waals surface area contributed by atoms with Gasteiger partial charge < -0.3 is 5.32 Å². The molecule has 2 nitrogen and oxygen atoms in total. The van der Waals surface area contributed by atoms with Crippen molar-refractivity contribution in [1.82, 2.24) is 4.90 Å². The summed E-state index contributed by atoms with van der Waals surface area (Å²) in [5, 5.41) is 3.85. The Hall–Kier alpha value is -1.28. The zero-order chi connectivity index (χ0) is 14.2. The number of hydrogen-bond acceptors (Lipinski definition) is 2. The Morgan fingerprint density at radius 2 is 2.24 bits per heavy atom. The fourth-order valence-corrected chi connectivity index (χ4v) is 6.03. The molecule has 4 aliphatic rings. The summed E-state index contributed by atoms with van der Waals surface area (Å²) in [4.78, 5) is 2.80. The van der Waals surface area contributed by atoms with E-state index in [1.165, 1.54) is 43.6 Å². The molecule has 2 bridgehead atoms. The van der Waals surface area contributed by atoms with Crippen LogP contribution in [0.4, 0.5) is 5.69 Å². The van der Waals surface area contributed by atoms with Crippen LogP contribution in [0.25, 0.3) is 0 Å². The zero-order valence-electron chi connectivity index (χ0n) is 12.8. The second-order valence-electron chi connectivity index (χ2n) is 7.51. The Morgan fingerprint density at radius 3 is 3.10 bits per heavy atom. The maximum atomic E-state index is 4.59. The third kappa shape index (κ3) is 1.29. The minimum Gasteiger partial charge on any atom is -0.377 e. The molecular formula is C19H24N2. The van der Waals surface area contributed by atoms with E-state index in [4.69, 9.17) is 0 Å². The van der Waals surface area contributed by atoms with Crippen molar-refractivity contribution in [1.29, 1.82) is 0 Å². The summed E-state index contributed by atoms with van der Waals surface area (Å²) < 4.78 is 0. The van der Waals surface area contributed by atoms with Gasteiger partial charge in [-0.05, 0) is 42.9 Å². The van der Waals surface area contributed by atoms with Gasteiger partial charge in [0.15, 0.2) is 0 Å². The summed E-state index contributed by atoms with van der Waals surface area (Å²) in [5.74, 6) is 1.55. The molecule has 3 heterocycles. The Kier molecular flexibility index (Phi) is 2.29. The van der Waals surface area contributed by atoms with E-state index in [-0.39, 0.29) is 0 Å². The monoisotopic (exact) mass is 280 g/mol. The summed E-state index contributed by atoms with van der Waals surface area (Å²) in [6, 6.07) is 10.2. The summed E-state index contributed by atoms with van der Waals surface area (Å²) in [6.07, 6.45) is 3.93. The van der Waals surface area contributed by atoms with E-state index in [0.717, 1.165) is 17.9 Å². The van der Waals surface area contributed by atoms with Gasteiger partial charge in [-0.15, -0.1) is 0 Å². The summed E-state index contributed by atoms with van der Waals surface area (Å²) in [5.41, 5.74) is 4.74. The first-order chi connectivity index (χ1) is 10.3. The first-order valence-corrected chi connectivity index (χ1v) is 8.54. The van der Waals surface area contributed by atoms with Gasteiger partial charge in [-0.3, -0.25) is 4.90 Å². The molecule has 1 saturated carbocycles. The zero-order valence-corrected chi connectivity index (χ0v) is 12.8. The van der Waals surface area contributed by atoms with Crippen LogP contribution in [-0.2, 0) is 5.41 Å². The summed E-state index contributed by atoms with van der Waals surface area (Å²) in [7, 11) is 0. The fraction of sp³-hybridized carbons (Fsp3) is 0.579. The first-order valence-electron chi connectivity index (χ1n) is 8.54. The third-order valence-corrected chi connectivity index (χ3v) is 6.98. The normalized spacial score (nSPS) is 43.4. The third-order valence-electron chi connectivity index (χ3n) is 6.98. The minimum atomic E-state index is 0.308. The van der Waals surface area contributed by atoms with Crippen molar-refractivity contribution in [2.24, 2.45) is 11.8 Å². The van der Waals surface area contributed by atoms with Gasteiger partial charge in [0.2, 0.25) is 0 Å². The lowest BCUT2D eigenvalue weighted by molar-refractivity contribution is 0.0526. The Balaban J connectivity index is 1.69. The Bertz CT molecular complexity index is 622. The van der Waals surface area contributed by atoms with Gasteiger partial charge in [0, 0.05) is 23.7 Å². The molecule has 0 amide bonds. The van der Waals surface area contributed by atoms with Crippen LogP contribution < -0.4 is 5.32 Å². The lowest BCUT2D eigenvalue weighted by Gasteiger charge is -2.54. The molecule has 0 aromatic heterocycles. The molecule has 2 saturated heterocycles. The molecular weight excluding hydrogens is 256 g/mol. The molecule has 3 fully saturated rings. The van der Waals surface area contributed by atoms with Crippen LogP contribution in [0.5, 0.6) is 0 Å². The van der Waals surface area contributed by atoms with Crippen LogP contribution in [0, 0.1) is 11.8 Å². The number of para-hydroxylation sites is 1. The van der Waals surface area contributed by atoms with Gasteiger partial charge in [-0.2, -0.15) is 0 Å². The van der Waals surface area contributed by atoms with Crippen molar-refractivity contribution in [2.45, 2.75) is 43.7 Å². The van der Waals surface area contributed by atoms with E-state index in [9.17, 15) is 0 Å². The Morgan fingerprint density at radius 1 is 1.38 bits per heavy atom. The second-order valence-corrected chi connectivity index (χ2v) is 7.51. The number of fused-ring (bicyclic) bond motifs is 2. The highest BCUT2D eigenvalue weighted by molar-refractivity contribution is 5.67. The van der Waals surface area contributed by atoms with Gasteiger partial charge in [0.25, 0.3) is 0 Å². The molecule has 5 atom stereocenters. The van der Waals surface area contributed by atoms with Crippen molar-refractivity contribution in [3.63, 3.8) is 0 Å². The number of piperidine rings is 1. The average molecular weight is 280 g/mol. The van der Waals surface area contributed by atoms with Crippen molar-refractivity contribution < 1.29 is 0 Å². The molecule has 1 N–H and O–H groups in total. The van der Waals surface area contributed by atoms with Gasteiger partial charge in [-0.1, -0.05) is 43.7 Å². The maximum absolute atomic E-state index is 4.59. The molecule has 0 radical (unpaired) electrons. The van der Waals surface area contributed by atoms with Crippen LogP contribution in [0.2, 0.25) is 0 Å². The number of anilines is 1. The molecule has 1 aliphatic carbocycles. The molecule has 1 unspecified atom stereocenters. The highest BCUT2D eigenvalue weighted by atomic mass is 15.2. The second kappa shape index (κ2) is 3.92. The molecule has 1 aromatic carbocycles. The van der Waals surface area contributed by atoms with E-state index in [0.29, 0.717) is 11.5 Å². The predicted octanol–water partition coefficient (Wildman–Crippen LogP) is 3.41. The Labute approximate surface area is 127 Å². The van der Waals surface area contributed by atoms with Crippen LogP contribution >= 0.6 is 0 Å². The van der Waals surface area contributed by atoms with Crippen LogP contribution in [0.1, 0.15) is 31.7 Å². The largest absolute Gasteiger partial charge is 0.377 e. The van der Waals surface area contributed by atoms with Crippen LogP contribution in [-0.4, -0.2) is 30.1 Å². The van der Waals surface area contributed by atoms with E-state index >= 15 is 0 Å². The van der Waals surface area contributed by atoms with E-state index in [1.807, 2.05) is 0 Å². The number of nitrogens with one attached hydrogen (secondary N) is 1. The van der Waals surface area contributed by atoms with Crippen molar-refractivity contribution >= 4 is 5.69 Å². The molecule has 110 valence electrons. The van der Waals surface area contributed by atoms with Crippen molar-refractivity contribution in [2.75, 3.05) is 18.4 Å². The number of hydrogen-bond donors (Lipinski definition) is 1. The van der Waals surface area contributed by atoms with Gasteiger partial charge >= 0.3 is 0 Å². The summed E-state index contributed by atoms with van der Waals surface area (Å²) >= 11 is 0. The van der Waals surface area contributed by atoms with Crippen LogP contribution in [0.15, 0.2) is 36.4 Å². The van der Waals surface area contributed by atoms with E-state index in [1.54, 1.807) is 5.56 Å². The number of rotatable bonds is 1. The quantitative estimate of drug-likeness (QED) is 0.793. The molecule has 2 heteroatoms. The van der Waals surface area contributed by atoms with E-state index < -0.39 is 0 Å². The maximum Gasteiger partial charge on any atom is 0.0587 e. The number of nitrogens with zero attached hydrogens (tertiary/aromatic N) is 1. The van der Waals surface area contributed by atoms with E-state index in [2.05, 4.69) is 48.0 Å². The van der Waals surface area contributed by atoms with Gasteiger partial charge in [0.1, 0.15) is 0 Å². The lowest BCUT2D eigenvalue weighted by Crippen LogP contribution is -2.60. The molecule has 1 spiro atoms. The SMILES string of the molecule is C=C1[C@H]2C[C@@H]3N(CC[C@@]34c3ccccc3N[C@@H]14)CC2CC. The molecule has 21 heavy (non-hydrogen) atoms. The average Bonchev–Trinajstić information content (AvgIpc) is 3.07. The predicted molar refractivity (Wildman–Crippen MR) is 86.5 cm³/mol. The highest BCUT2D eigenvalue weighted by Gasteiger charge is 2.63.